The van der Waals surface area contributed by atoms with E-state index in [1.54, 1.807) is 11.3 Å². The first kappa shape index (κ1) is 19.3. The van der Waals surface area contributed by atoms with E-state index in [1.807, 2.05) is 41.5 Å². The van der Waals surface area contributed by atoms with Crippen molar-refractivity contribution in [2.75, 3.05) is 0 Å². The number of hydrogen-bond donors (Lipinski definition) is 0. The largest absolute Gasteiger partial charge is 0.136 e. The first-order chi connectivity index (χ1) is 8.83. The molecule has 2 rings (SSSR count). The highest BCUT2D eigenvalue weighted by molar-refractivity contribution is 7.17. The number of fused-ring (bicyclic) bond motifs is 1. The third-order valence-electron chi connectivity index (χ3n) is 1.99. The van der Waals surface area contributed by atoms with Crippen LogP contribution < -0.4 is 9.75 Å². The molecule has 0 saturated carbocycles. The fraction of sp³-hybridized carbons (Fsp3) is 0.412. The van der Waals surface area contributed by atoms with Crippen molar-refractivity contribution in [1.82, 2.24) is 0 Å². The quantitative estimate of drug-likeness (QED) is 0.614. The van der Waals surface area contributed by atoms with Crippen LogP contribution in [0.4, 0.5) is 0 Å². The minimum atomic E-state index is 1.16. The van der Waals surface area contributed by atoms with E-state index in [0.29, 0.717) is 0 Å². The zero-order chi connectivity index (χ0) is 14.6. The van der Waals surface area contributed by atoms with Gasteiger partial charge in [-0.3, -0.25) is 0 Å². The van der Waals surface area contributed by atoms with Gasteiger partial charge in [0.25, 0.3) is 0 Å². The maximum Gasteiger partial charge on any atom is 0.0355 e. The molecule has 1 heteroatoms. The van der Waals surface area contributed by atoms with Gasteiger partial charge in [0.2, 0.25) is 0 Å². The fourth-order valence-corrected chi connectivity index (χ4v) is 2.39. The van der Waals surface area contributed by atoms with Crippen LogP contribution in [-0.4, -0.2) is 0 Å². The van der Waals surface area contributed by atoms with E-state index < -0.39 is 0 Å². The Hall–Kier alpha value is -1.08. The van der Waals surface area contributed by atoms with Crippen LogP contribution in [0.15, 0.2) is 24.3 Å². The molecule has 0 N–H and O–H groups in total. The molecule has 0 unspecified atom stereocenters. The summed E-state index contributed by atoms with van der Waals surface area (Å²) in [6.45, 7) is 18.1. The SMILES string of the molecule is C=c1/c(=C\C)sc2ccccc12.CC.CC.CC. The van der Waals surface area contributed by atoms with E-state index in [0.717, 1.165) is 5.22 Å². The van der Waals surface area contributed by atoms with E-state index in [4.69, 9.17) is 0 Å². The molecule has 0 aliphatic carbocycles. The third kappa shape index (κ3) is 5.05. The van der Waals surface area contributed by atoms with Gasteiger partial charge in [0.1, 0.15) is 0 Å². The Morgan fingerprint density at radius 3 is 1.89 bits per heavy atom. The minimum absolute atomic E-state index is 1.16. The number of benzene rings is 1. The average molecular weight is 264 g/mol. The molecule has 0 radical (unpaired) electrons. The van der Waals surface area contributed by atoms with Crippen molar-refractivity contribution in [2.24, 2.45) is 0 Å². The molecule has 0 aliphatic rings. The fourth-order valence-electron chi connectivity index (χ4n) is 1.35. The molecule has 0 spiro atoms. The lowest BCUT2D eigenvalue weighted by molar-refractivity contribution is 1.50. The van der Waals surface area contributed by atoms with E-state index in [9.17, 15) is 0 Å². The summed E-state index contributed by atoms with van der Waals surface area (Å²) in [5.74, 6) is 0. The molecule has 102 valence electrons. The predicted octanol–water partition coefficient (Wildman–Crippen LogP) is 5.19. The molecular weight excluding hydrogens is 236 g/mol. The van der Waals surface area contributed by atoms with Crippen LogP contribution in [0.2, 0.25) is 0 Å². The second-order valence-electron chi connectivity index (χ2n) is 2.73. The molecule has 1 aromatic carbocycles. The van der Waals surface area contributed by atoms with Crippen LogP contribution >= 0.6 is 11.3 Å². The van der Waals surface area contributed by atoms with Gasteiger partial charge in [0.05, 0.1) is 0 Å². The summed E-state index contributed by atoms with van der Waals surface area (Å²) in [6, 6.07) is 8.39. The summed E-state index contributed by atoms with van der Waals surface area (Å²) in [4.78, 5) is 0. The van der Waals surface area contributed by atoms with Gasteiger partial charge in [-0.15, -0.1) is 11.3 Å². The standard InChI is InChI=1S/C11H10S.3C2H6/c1-3-10-8(2)9-6-4-5-7-11(9)12-10;3*1-2/h3-7H,2H2,1H3;3*1-2H3/b10-3+;;;. The van der Waals surface area contributed by atoms with Crippen LogP contribution in [0.25, 0.3) is 22.7 Å². The van der Waals surface area contributed by atoms with Crippen LogP contribution in [0.1, 0.15) is 48.5 Å². The van der Waals surface area contributed by atoms with Crippen molar-refractivity contribution in [2.45, 2.75) is 48.5 Å². The van der Waals surface area contributed by atoms with Crippen molar-refractivity contribution in [3.63, 3.8) is 0 Å². The monoisotopic (exact) mass is 264 g/mol. The van der Waals surface area contributed by atoms with Gasteiger partial charge in [0, 0.05) is 9.23 Å². The topological polar surface area (TPSA) is 0 Å². The molecule has 2 aromatic rings. The zero-order valence-corrected chi connectivity index (χ0v) is 13.8. The minimum Gasteiger partial charge on any atom is -0.136 e. The normalized spacial score (nSPS) is 9.39. The van der Waals surface area contributed by atoms with Crippen LogP contribution in [0, 0.1) is 0 Å². The Labute approximate surface area is 117 Å². The average Bonchev–Trinajstić information content (AvgIpc) is 2.82. The molecule has 0 amide bonds. The summed E-state index contributed by atoms with van der Waals surface area (Å²) >= 11 is 1.81. The Balaban J connectivity index is 0. The second-order valence-corrected chi connectivity index (χ2v) is 3.81. The third-order valence-corrected chi connectivity index (χ3v) is 3.27. The summed E-state index contributed by atoms with van der Waals surface area (Å²) in [7, 11) is 0. The number of thiophene rings is 1. The van der Waals surface area contributed by atoms with Crippen molar-refractivity contribution in [3.05, 3.63) is 34.0 Å². The van der Waals surface area contributed by atoms with Crippen LogP contribution in [-0.2, 0) is 0 Å². The molecular formula is C17H28S. The molecule has 18 heavy (non-hydrogen) atoms. The van der Waals surface area contributed by atoms with E-state index >= 15 is 0 Å². The first-order valence-corrected chi connectivity index (χ1v) is 7.77. The van der Waals surface area contributed by atoms with Gasteiger partial charge in [0.15, 0.2) is 0 Å². The van der Waals surface area contributed by atoms with Gasteiger partial charge in [-0.2, -0.15) is 0 Å². The second kappa shape index (κ2) is 12.4. The number of hydrogen-bond acceptors (Lipinski definition) is 1. The van der Waals surface area contributed by atoms with Gasteiger partial charge in [-0.05, 0) is 23.6 Å². The lowest BCUT2D eigenvalue weighted by Crippen LogP contribution is -2.15. The lowest BCUT2D eigenvalue weighted by atomic mass is 10.2. The Bertz CT molecular complexity index is 506. The number of rotatable bonds is 0. The van der Waals surface area contributed by atoms with E-state index in [-0.39, 0.29) is 0 Å². The Morgan fingerprint density at radius 1 is 0.944 bits per heavy atom. The van der Waals surface area contributed by atoms with Crippen molar-refractivity contribution >= 4 is 34.1 Å². The highest BCUT2D eigenvalue weighted by Gasteiger charge is 1.95. The molecule has 0 fully saturated rings. The maximum atomic E-state index is 4.06. The van der Waals surface area contributed by atoms with E-state index in [2.05, 4.69) is 43.8 Å². The Morgan fingerprint density at radius 2 is 1.44 bits per heavy atom. The van der Waals surface area contributed by atoms with E-state index in [1.165, 1.54) is 14.6 Å². The van der Waals surface area contributed by atoms with Crippen molar-refractivity contribution < 1.29 is 0 Å². The van der Waals surface area contributed by atoms with Gasteiger partial charge >= 0.3 is 0 Å². The smallest absolute Gasteiger partial charge is 0.0355 e. The van der Waals surface area contributed by atoms with Gasteiger partial charge in [-0.25, -0.2) is 0 Å². The van der Waals surface area contributed by atoms with Crippen molar-refractivity contribution in [1.29, 1.82) is 0 Å². The van der Waals surface area contributed by atoms with Crippen LogP contribution in [0.3, 0.4) is 0 Å². The summed E-state index contributed by atoms with van der Waals surface area (Å²) in [5.41, 5.74) is 0. The zero-order valence-electron chi connectivity index (χ0n) is 13.0. The first-order valence-electron chi connectivity index (χ1n) is 6.96. The summed E-state index contributed by atoms with van der Waals surface area (Å²) in [5, 5.41) is 2.45. The Kier molecular flexibility index (Phi) is 13.2. The highest BCUT2D eigenvalue weighted by Crippen LogP contribution is 2.11. The molecule has 1 aromatic heterocycles. The van der Waals surface area contributed by atoms with Gasteiger partial charge in [-0.1, -0.05) is 72.4 Å². The lowest BCUT2D eigenvalue weighted by Gasteiger charge is -1.83. The molecule has 0 atom stereocenters. The molecule has 0 aliphatic heterocycles. The molecule has 0 saturated heterocycles. The predicted molar refractivity (Wildman–Crippen MR) is 90.8 cm³/mol. The van der Waals surface area contributed by atoms with Gasteiger partial charge < -0.3 is 0 Å². The molecule has 0 nitrogen and oxygen atoms in total. The molecule has 1 heterocycles. The summed E-state index contributed by atoms with van der Waals surface area (Å²) < 4.78 is 2.62. The molecule has 0 bridgehead atoms. The van der Waals surface area contributed by atoms with Crippen molar-refractivity contribution in [3.8, 4) is 0 Å². The highest BCUT2D eigenvalue weighted by atomic mass is 32.1. The maximum absolute atomic E-state index is 4.06. The summed E-state index contributed by atoms with van der Waals surface area (Å²) in [6.07, 6.45) is 2.12. The van der Waals surface area contributed by atoms with Crippen LogP contribution in [0.5, 0.6) is 0 Å².